The molecule has 0 radical (unpaired) electrons. The summed E-state index contributed by atoms with van der Waals surface area (Å²) in [5.74, 6) is 0. The Hall–Kier alpha value is -2.23. The number of carbonyl (C=O) groups is 1. The minimum atomic E-state index is -4.55. The van der Waals surface area contributed by atoms with E-state index < -0.39 is 23.2 Å². The standard InChI is InChI=1S/C14H13F3N2O2/c15-14(16,17)11-4-2-1-3-10(11)13(9-18)5-7-19(8-6-13)12(20)21/h1-4H,5-8H2,(H,20,21)/p-1. The second kappa shape index (κ2) is 5.28. The van der Waals surface area contributed by atoms with Crippen LogP contribution < -0.4 is 5.11 Å². The number of carboxylic acid groups (broad SMARTS) is 1. The van der Waals surface area contributed by atoms with Crippen LogP contribution in [0.3, 0.4) is 0 Å². The molecule has 0 N–H and O–H groups in total. The van der Waals surface area contributed by atoms with Gasteiger partial charge in [0.1, 0.15) is 6.09 Å². The zero-order valence-corrected chi connectivity index (χ0v) is 11.0. The van der Waals surface area contributed by atoms with Crippen molar-refractivity contribution in [2.75, 3.05) is 13.1 Å². The van der Waals surface area contributed by atoms with Gasteiger partial charge in [0.2, 0.25) is 0 Å². The van der Waals surface area contributed by atoms with E-state index in [1.165, 1.54) is 18.2 Å². The zero-order chi connectivity index (χ0) is 15.7. The molecule has 0 spiro atoms. The zero-order valence-electron chi connectivity index (χ0n) is 11.0. The maximum Gasteiger partial charge on any atom is 0.416 e. The molecule has 21 heavy (non-hydrogen) atoms. The minimum absolute atomic E-state index is 0.0118. The summed E-state index contributed by atoms with van der Waals surface area (Å²) in [4.78, 5) is 11.8. The Balaban J connectivity index is 2.41. The highest BCUT2D eigenvalue weighted by Gasteiger charge is 2.43. The average Bonchev–Trinajstić information content (AvgIpc) is 2.46. The first-order valence-electron chi connectivity index (χ1n) is 6.34. The molecule has 1 amide bonds. The van der Waals surface area contributed by atoms with Crippen molar-refractivity contribution in [1.29, 1.82) is 5.26 Å². The summed E-state index contributed by atoms with van der Waals surface area (Å²) < 4.78 is 39.3. The van der Waals surface area contributed by atoms with E-state index in [1.807, 2.05) is 6.07 Å². The lowest BCUT2D eigenvalue weighted by atomic mass is 9.72. The molecule has 0 unspecified atom stereocenters. The predicted molar refractivity (Wildman–Crippen MR) is 64.9 cm³/mol. The third-order valence-corrected chi connectivity index (χ3v) is 3.84. The summed E-state index contributed by atoms with van der Waals surface area (Å²) in [5.41, 5.74) is -2.25. The van der Waals surface area contributed by atoms with E-state index in [4.69, 9.17) is 0 Å². The largest absolute Gasteiger partial charge is 0.530 e. The quantitative estimate of drug-likeness (QED) is 0.795. The van der Waals surface area contributed by atoms with Crippen LogP contribution in [0.15, 0.2) is 24.3 Å². The van der Waals surface area contributed by atoms with Crippen molar-refractivity contribution < 1.29 is 23.1 Å². The first-order chi connectivity index (χ1) is 9.80. The maximum atomic E-state index is 13.1. The SMILES string of the molecule is N#CC1(c2ccccc2C(F)(F)F)CCN(C(=O)[O-])CC1. The molecule has 0 atom stereocenters. The molecule has 112 valence electrons. The van der Waals surface area contributed by atoms with Gasteiger partial charge in [-0.3, -0.25) is 0 Å². The number of likely N-dealkylation sites (tertiary alicyclic amines) is 1. The van der Waals surface area contributed by atoms with Crippen LogP contribution in [0.5, 0.6) is 0 Å². The summed E-state index contributed by atoms with van der Waals surface area (Å²) >= 11 is 0. The molecule has 7 heteroatoms. The van der Waals surface area contributed by atoms with Gasteiger partial charge in [-0.1, -0.05) is 18.2 Å². The molecule has 4 nitrogen and oxygen atoms in total. The highest BCUT2D eigenvalue weighted by molar-refractivity contribution is 5.62. The highest BCUT2D eigenvalue weighted by atomic mass is 19.4. The molecule has 0 bridgehead atoms. The van der Waals surface area contributed by atoms with Crippen LogP contribution in [0.2, 0.25) is 0 Å². The highest BCUT2D eigenvalue weighted by Crippen LogP contribution is 2.42. The number of carbonyl (C=O) groups excluding carboxylic acids is 1. The van der Waals surface area contributed by atoms with Gasteiger partial charge in [0.15, 0.2) is 0 Å². The fourth-order valence-corrected chi connectivity index (χ4v) is 2.66. The van der Waals surface area contributed by atoms with Crippen LogP contribution in [0, 0.1) is 11.3 Å². The summed E-state index contributed by atoms with van der Waals surface area (Å²) in [6, 6.07) is 6.93. The third-order valence-electron chi connectivity index (χ3n) is 3.84. The molecular weight excluding hydrogens is 285 g/mol. The lowest BCUT2D eigenvalue weighted by molar-refractivity contribution is -0.266. The molecule has 1 aromatic carbocycles. The van der Waals surface area contributed by atoms with Crippen LogP contribution in [0.1, 0.15) is 24.0 Å². The van der Waals surface area contributed by atoms with Crippen LogP contribution in [-0.2, 0) is 11.6 Å². The van der Waals surface area contributed by atoms with Crippen molar-refractivity contribution in [2.45, 2.75) is 24.4 Å². The van der Waals surface area contributed by atoms with Gasteiger partial charge < -0.3 is 14.8 Å². The molecule has 1 heterocycles. The Bertz CT molecular complexity index is 585. The maximum absolute atomic E-state index is 13.1. The Morgan fingerprint density at radius 2 is 1.86 bits per heavy atom. The Morgan fingerprint density at radius 1 is 1.29 bits per heavy atom. The number of rotatable bonds is 1. The molecule has 1 aliphatic rings. The second-order valence-electron chi connectivity index (χ2n) is 4.99. The van der Waals surface area contributed by atoms with Gasteiger partial charge in [-0.15, -0.1) is 0 Å². The molecule has 1 aliphatic heterocycles. The van der Waals surface area contributed by atoms with E-state index in [2.05, 4.69) is 0 Å². The van der Waals surface area contributed by atoms with Crippen LogP contribution >= 0.6 is 0 Å². The Labute approximate surface area is 119 Å². The van der Waals surface area contributed by atoms with Crippen molar-refractivity contribution in [3.05, 3.63) is 35.4 Å². The summed E-state index contributed by atoms with van der Waals surface area (Å²) in [5, 5.41) is 20.2. The molecule has 1 fully saturated rings. The normalized spacial score (nSPS) is 18.1. The van der Waals surface area contributed by atoms with Crippen LogP contribution in [0.25, 0.3) is 0 Å². The second-order valence-corrected chi connectivity index (χ2v) is 4.99. The number of hydrogen-bond donors (Lipinski definition) is 0. The summed E-state index contributed by atoms with van der Waals surface area (Å²) in [7, 11) is 0. The number of hydrogen-bond acceptors (Lipinski definition) is 3. The van der Waals surface area contributed by atoms with E-state index in [0.717, 1.165) is 11.0 Å². The van der Waals surface area contributed by atoms with Gasteiger partial charge in [-0.2, -0.15) is 18.4 Å². The number of benzene rings is 1. The molecule has 0 aromatic heterocycles. The van der Waals surface area contributed by atoms with Crippen molar-refractivity contribution in [3.63, 3.8) is 0 Å². The van der Waals surface area contributed by atoms with Gasteiger partial charge in [0.25, 0.3) is 0 Å². The van der Waals surface area contributed by atoms with Gasteiger partial charge in [-0.05, 0) is 24.5 Å². The Morgan fingerprint density at radius 3 is 2.33 bits per heavy atom. The molecule has 0 aliphatic carbocycles. The third kappa shape index (κ3) is 2.79. The molecule has 1 aromatic rings. The fourth-order valence-electron chi connectivity index (χ4n) is 2.66. The minimum Gasteiger partial charge on any atom is -0.530 e. The van der Waals surface area contributed by atoms with E-state index in [0.29, 0.717) is 0 Å². The van der Waals surface area contributed by atoms with Gasteiger partial charge in [0.05, 0.1) is 17.0 Å². The monoisotopic (exact) mass is 297 g/mol. The molecular formula is C14H12F3N2O2-. The fraction of sp³-hybridized carbons (Fsp3) is 0.429. The number of alkyl halides is 3. The van der Waals surface area contributed by atoms with Crippen molar-refractivity contribution >= 4 is 6.09 Å². The van der Waals surface area contributed by atoms with Gasteiger partial charge >= 0.3 is 6.18 Å². The number of nitriles is 1. The topological polar surface area (TPSA) is 67.2 Å². The summed E-state index contributed by atoms with van der Waals surface area (Å²) in [6.45, 7) is -0.0236. The lowest BCUT2D eigenvalue weighted by Gasteiger charge is -2.39. The van der Waals surface area contributed by atoms with Crippen LogP contribution in [0.4, 0.5) is 18.0 Å². The van der Waals surface area contributed by atoms with Crippen molar-refractivity contribution in [2.24, 2.45) is 0 Å². The van der Waals surface area contributed by atoms with E-state index >= 15 is 0 Å². The van der Waals surface area contributed by atoms with E-state index in [-0.39, 0.29) is 31.5 Å². The number of amides is 1. The number of nitrogens with zero attached hydrogens (tertiary/aromatic N) is 2. The first kappa shape index (κ1) is 15.2. The average molecular weight is 297 g/mol. The smallest absolute Gasteiger partial charge is 0.416 e. The van der Waals surface area contributed by atoms with Crippen molar-refractivity contribution in [1.82, 2.24) is 4.90 Å². The molecule has 2 rings (SSSR count). The van der Waals surface area contributed by atoms with E-state index in [1.54, 1.807) is 0 Å². The van der Waals surface area contributed by atoms with Crippen LogP contribution in [-0.4, -0.2) is 24.1 Å². The number of piperidine rings is 1. The molecule has 0 saturated carbocycles. The number of halogens is 3. The van der Waals surface area contributed by atoms with Gasteiger partial charge in [0, 0.05) is 13.1 Å². The van der Waals surface area contributed by atoms with Crippen molar-refractivity contribution in [3.8, 4) is 6.07 Å². The Kier molecular flexibility index (Phi) is 3.81. The summed E-state index contributed by atoms with van der Waals surface area (Å²) in [6.07, 6.45) is -5.88. The first-order valence-corrected chi connectivity index (χ1v) is 6.34. The van der Waals surface area contributed by atoms with E-state index in [9.17, 15) is 28.3 Å². The van der Waals surface area contributed by atoms with Gasteiger partial charge in [-0.25, -0.2) is 0 Å². The predicted octanol–water partition coefficient (Wildman–Crippen LogP) is 1.91. The molecule has 1 saturated heterocycles. The lowest BCUT2D eigenvalue weighted by Crippen LogP contribution is -2.49.